The second-order valence-electron chi connectivity index (χ2n) is 7.73. The molecule has 2 aliphatic heterocycles. The molecule has 2 aromatic carbocycles. The van der Waals surface area contributed by atoms with E-state index in [4.69, 9.17) is 9.47 Å². The van der Waals surface area contributed by atoms with Gasteiger partial charge in [-0.15, -0.1) is 0 Å². The summed E-state index contributed by atoms with van der Waals surface area (Å²) in [5, 5.41) is 0. The summed E-state index contributed by atoms with van der Waals surface area (Å²) in [6.07, 6.45) is 4.22. The predicted octanol–water partition coefficient (Wildman–Crippen LogP) is 4.46. The summed E-state index contributed by atoms with van der Waals surface area (Å²) in [6.45, 7) is 3.31. The Morgan fingerprint density at radius 3 is 2.88 bits per heavy atom. The Morgan fingerprint density at radius 1 is 1.12 bits per heavy atom. The minimum Gasteiger partial charge on any atom is -0.453 e. The lowest BCUT2D eigenvalue weighted by Crippen LogP contribution is -2.29. The maximum Gasteiger partial charge on any atom is 0.231 e. The normalized spacial score (nSPS) is 24.7. The molecule has 1 aliphatic carbocycles. The van der Waals surface area contributed by atoms with Gasteiger partial charge in [0.2, 0.25) is 6.79 Å². The standard InChI is InChI=1S/C22H24FNO2/c23-19-11-20-22(26-14-25-20)18-8-4-7-17(21(18)19)13-24-10-9-16(12-24)15-5-2-1-3-6-15/h1-3,5-6,11,16-17H,4,7-10,12-14H2. The number of benzene rings is 2. The molecular formula is C22H24FNO2. The Labute approximate surface area is 153 Å². The third-order valence-corrected chi connectivity index (χ3v) is 6.17. The first kappa shape index (κ1) is 16.1. The summed E-state index contributed by atoms with van der Waals surface area (Å²) >= 11 is 0. The smallest absolute Gasteiger partial charge is 0.231 e. The average Bonchev–Trinajstić information content (AvgIpc) is 3.32. The molecule has 1 fully saturated rings. The molecule has 0 saturated carbocycles. The van der Waals surface area contributed by atoms with Crippen LogP contribution in [0, 0.1) is 5.82 Å². The first-order valence-corrected chi connectivity index (χ1v) is 9.68. The van der Waals surface area contributed by atoms with Gasteiger partial charge in [-0.3, -0.25) is 0 Å². The summed E-state index contributed by atoms with van der Waals surface area (Å²) in [6, 6.07) is 12.3. The van der Waals surface area contributed by atoms with Crippen LogP contribution in [0.4, 0.5) is 4.39 Å². The van der Waals surface area contributed by atoms with Crippen molar-refractivity contribution in [2.45, 2.75) is 37.5 Å². The summed E-state index contributed by atoms with van der Waals surface area (Å²) in [4.78, 5) is 2.52. The Bertz CT molecular complexity index is 808. The number of likely N-dealkylation sites (tertiary alicyclic amines) is 1. The lowest BCUT2D eigenvalue weighted by Gasteiger charge is -2.30. The molecule has 1 saturated heterocycles. The van der Waals surface area contributed by atoms with E-state index < -0.39 is 0 Å². The molecule has 4 heteroatoms. The van der Waals surface area contributed by atoms with E-state index in [1.165, 1.54) is 18.1 Å². The summed E-state index contributed by atoms with van der Waals surface area (Å²) in [7, 11) is 0. The van der Waals surface area contributed by atoms with Crippen molar-refractivity contribution in [3.8, 4) is 11.5 Å². The minimum atomic E-state index is -0.118. The summed E-state index contributed by atoms with van der Waals surface area (Å²) in [5.41, 5.74) is 3.35. The van der Waals surface area contributed by atoms with Crippen LogP contribution in [-0.4, -0.2) is 31.3 Å². The van der Waals surface area contributed by atoms with Crippen molar-refractivity contribution in [3.05, 3.63) is 58.9 Å². The lowest BCUT2D eigenvalue weighted by atomic mass is 9.81. The van der Waals surface area contributed by atoms with Crippen molar-refractivity contribution in [1.82, 2.24) is 4.90 Å². The Morgan fingerprint density at radius 2 is 2.00 bits per heavy atom. The molecule has 136 valence electrons. The van der Waals surface area contributed by atoms with Crippen molar-refractivity contribution in [2.75, 3.05) is 26.4 Å². The Kier molecular flexibility index (Phi) is 4.08. The molecule has 0 amide bonds. The van der Waals surface area contributed by atoms with Gasteiger partial charge in [-0.2, -0.15) is 0 Å². The number of ether oxygens (including phenoxy) is 2. The first-order valence-electron chi connectivity index (χ1n) is 9.68. The van der Waals surface area contributed by atoms with Crippen LogP contribution in [0.3, 0.4) is 0 Å². The third kappa shape index (κ3) is 2.77. The quantitative estimate of drug-likeness (QED) is 0.813. The van der Waals surface area contributed by atoms with E-state index in [1.54, 1.807) is 0 Å². The molecule has 0 bridgehead atoms. The van der Waals surface area contributed by atoms with Gasteiger partial charge in [0.15, 0.2) is 11.5 Å². The van der Waals surface area contributed by atoms with Crippen LogP contribution in [-0.2, 0) is 6.42 Å². The molecule has 3 nitrogen and oxygen atoms in total. The van der Waals surface area contributed by atoms with E-state index in [1.807, 2.05) is 0 Å². The molecule has 2 heterocycles. The zero-order valence-corrected chi connectivity index (χ0v) is 14.9. The van der Waals surface area contributed by atoms with Crippen molar-refractivity contribution in [2.24, 2.45) is 0 Å². The fourth-order valence-electron chi connectivity index (χ4n) is 4.94. The van der Waals surface area contributed by atoms with Crippen molar-refractivity contribution in [3.63, 3.8) is 0 Å². The fourth-order valence-corrected chi connectivity index (χ4v) is 4.94. The van der Waals surface area contributed by atoms with Crippen LogP contribution < -0.4 is 9.47 Å². The van der Waals surface area contributed by atoms with Crippen LogP contribution in [0.5, 0.6) is 11.5 Å². The fraction of sp³-hybridized carbons (Fsp3) is 0.455. The highest BCUT2D eigenvalue weighted by atomic mass is 19.1. The molecule has 5 rings (SSSR count). The van der Waals surface area contributed by atoms with Crippen LogP contribution in [0.2, 0.25) is 0 Å². The molecule has 2 aromatic rings. The van der Waals surface area contributed by atoms with Gasteiger partial charge in [0.25, 0.3) is 0 Å². The van der Waals surface area contributed by atoms with Crippen LogP contribution in [0.1, 0.15) is 47.8 Å². The van der Waals surface area contributed by atoms with E-state index in [2.05, 4.69) is 35.2 Å². The topological polar surface area (TPSA) is 21.7 Å². The third-order valence-electron chi connectivity index (χ3n) is 6.17. The average molecular weight is 353 g/mol. The van der Waals surface area contributed by atoms with E-state index in [0.717, 1.165) is 55.8 Å². The highest BCUT2D eigenvalue weighted by Crippen LogP contribution is 2.46. The van der Waals surface area contributed by atoms with Gasteiger partial charge in [0, 0.05) is 24.7 Å². The van der Waals surface area contributed by atoms with Gasteiger partial charge >= 0.3 is 0 Å². The number of hydrogen-bond acceptors (Lipinski definition) is 3. The van der Waals surface area contributed by atoms with E-state index >= 15 is 0 Å². The highest BCUT2D eigenvalue weighted by molar-refractivity contribution is 5.54. The lowest BCUT2D eigenvalue weighted by molar-refractivity contribution is 0.173. The molecule has 0 radical (unpaired) electrons. The number of hydrogen-bond donors (Lipinski definition) is 0. The zero-order chi connectivity index (χ0) is 17.5. The first-order chi connectivity index (χ1) is 12.8. The maximum atomic E-state index is 14.8. The van der Waals surface area contributed by atoms with Crippen LogP contribution in [0.15, 0.2) is 36.4 Å². The molecular weight excluding hydrogens is 329 g/mol. The van der Waals surface area contributed by atoms with Crippen LogP contribution >= 0.6 is 0 Å². The molecule has 2 atom stereocenters. The van der Waals surface area contributed by atoms with Crippen molar-refractivity contribution in [1.29, 1.82) is 0 Å². The van der Waals surface area contributed by atoms with E-state index in [9.17, 15) is 4.39 Å². The number of halogens is 1. The van der Waals surface area contributed by atoms with Gasteiger partial charge in [-0.25, -0.2) is 4.39 Å². The molecule has 0 aromatic heterocycles. The number of rotatable bonds is 3. The predicted molar refractivity (Wildman–Crippen MR) is 98.4 cm³/mol. The van der Waals surface area contributed by atoms with Crippen molar-refractivity contribution >= 4 is 0 Å². The van der Waals surface area contributed by atoms with Gasteiger partial charge in [0.1, 0.15) is 5.82 Å². The van der Waals surface area contributed by atoms with Gasteiger partial charge in [0.05, 0.1) is 0 Å². The Balaban J connectivity index is 1.35. The number of nitrogens with zero attached hydrogens (tertiary/aromatic N) is 1. The molecule has 26 heavy (non-hydrogen) atoms. The van der Waals surface area contributed by atoms with E-state index in [-0.39, 0.29) is 18.5 Å². The highest BCUT2D eigenvalue weighted by Gasteiger charge is 2.33. The second-order valence-corrected chi connectivity index (χ2v) is 7.73. The zero-order valence-electron chi connectivity index (χ0n) is 14.9. The molecule has 3 aliphatic rings. The molecule has 2 unspecified atom stereocenters. The maximum absolute atomic E-state index is 14.8. The molecule has 0 N–H and O–H groups in total. The minimum absolute atomic E-state index is 0.118. The monoisotopic (exact) mass is 353 g/mol. The van der Waals surface area contributed by atoms with E-state index in [0.29, 0.717) is 11.7 Å². The van der Waals surface area contributed by atoms with Gasteiger partial charge in [-0.05, 0) is 55.2 Å². The SMILES string of the molecule is Fc1cc2c(c3c1C(CN1CCC(c4ccccc4)C1)CCC3)OCO2. The Hall–Kier alpha value is -2.07. The van der Waals surface area contributed by atoms with Crippen molar-refractivity contribution < 1.29 is 13.9 Å². The largest absolute Gasteiger partial charge is 0.453 e. The van der Waals surface area contributed by atoms with Crippen LogP contribution in [0.25, 0.3) is 0 Å². The summed E-state index contributed by atoms with van der Waals surface area (Å²) in [5.74, 6) is 2.10. The number of fused-ring (bicyclic) bond motifs is 3. The van der Waals surface area contributed by atoms with Gasteiger partial charge in [-0.1, -0.05) is 30.3 Å². The second kappa shape index (κ2) is 6.58. The molecule has 0 spiro atoms. The van der Waals surface area contributed by atoms with Gasteiger partial charge < -0.3 is 14.4 Å². The summed E-state index contributed by atoms with van der Waals surface area (Å²) < 4.78 is 25.9.